The van der Waals surface area contributed by atoms with Crippen LogP contribution in [0.15, 0.2) is 0 Å². The molecule has 0 unspecified atom stereocenters. The molecular formula is C11H18N4. The van der Waals surface area contributed by atoms with Crippen molar-refractivity contribution in [2.24, 2.45) is 5.92 Å². The molecule has 3 heterocycles. The van der Waals surface area contributed by atoms with Gasteiger partial charge in [0.25, 0.3) is 0 Å². The van der Waals surface area contributed by atoms with E-state index in [1.54, 1.807) is 0 Å². The third-order valence-electron chi connectivity index (χ3n) is 3.62. The summed E-state index contributed by atoms with van der Waals surface area (Å²) in [5.74, 6) is 3.26. The van der Waals surface area contributed by atoms with E-state index in [1.807, 2.05) is 0 Å². The summed E-state index contributed by atoms with van der Waals surface area (Å²) in [6.45, 7) is 3.49. The van der Waals surface area contributed by atoms with Crippen molar-refractivity contribution >= 4 is 0 Å². The highest BCUT2D eigenvalue weighted by atomic mass is 15.3. The quantitative estimate of drug-likeness (QED) is 0.777. The predicted molar refractivity (Wildman–Crippen MR) is 57.6 cm³/mol. The number of aryl methyl sites for hydroxylation is 1. The Morgan fingerprint density at radius 2 is 2.13 bits per heavy atom. The van der Waals surface area contributed by atoms with E-state index < -0.39 is 0 Å². The van der Waals surface area contributed by atoms with Crippen LogP contribution in [-0.2, 0) is 19.4 Å². The molecule has 4 heteroatoms. The van der Waals surface area contributed by atoms with Crippen molar-refractivity contribution < 1.29 is 0 Å². The molecule has 3 rings (SSSR count). The van der Waals surface area contributed by atoms with Crippen molar-refractivity contribution in [3.63, 3.8) is 0 Å². The van der Waals surface area contributed by atoms with Gasteiger partial charge >= 0.3 is 0 Å². The lowest BCUT2D eigenvalue weighted by molar-refractivity contribution is 0.363. The van der Waals surface area contributed by atoms with Crippen LogP contribution in [0.5, 0.6) is 0 Å². The van der Waals surface area contributed by atoms with Gasteiger partial charge < -0.3 is 9.88 Å². The molecule has 15 heavy (non-hydrogen) atoms. The lowest BCUT2D eigenvalue weighted by Crippen LogP contribution is -2.29. The van der Waals surface area contributed by atoms with Gasteiger partial charge in [0.05, 0.1) is 0 Å². The summed E-state index contributed by atoms with van der Waals surface area (Å²) in [5.41, 5.74) is 0. The smallest absolute Gasteiger partial charge is 0.133 e. The Kier molecular flexibility index (Phi) is 2.44. The second-order valence-corrected chi connectivity index (χ2v) is 4.69. The van der Waals surface area contributed by atoms with E-state index >= 15 is 0 Å². The molecule has 1 saturated heterocycles. The summed E-state index contributed by atoms with van der Waals surface area (Å²) in [6, 6.07) is 0. The lowest BCUT2D eigenvalue weighted by atomic mass is 9.94. The first-order valence-corrected chi connectivity index (χ1v) is 6.05. The van der Waals surface area contributed by atoms with Gasteiger partial charge in [0, 0.05) is 19.4 Å². The van der Waals surface area contributed by atoms with Crippen molar-refractivity contribution in [1.82, 2.24) is 20.1 Å². The molecule has 4 nitrogen and oxygen atoms in total. The second kappa shape index (κ2) is 3.93. The molecule has 2 aliphatic rings. The summed E-state index contributed by atoms with van der Waals surface area (Å²) in [7, 11) is 0. The standard InChI is InChI=1S/C11H18N4/c1-2-10-13-14-11(15(10)7-1)8-9-3-5-12-6-4-9/h9,12H,1-8H2. The zero-order valence-corrected chi connectivity index (χ0v) is 9.08. The van der Waals surface area contributed by atoms with E-state index in [9.17, 15) is 0 Å². The van der Waals surface area contributed by atoms with Crippen LogP contribution >= 0.6 is 0 Å². The molecule has 2 aliphatic heterocycles. The summed E-state index contributed by atoms with van der Waals surface area (Å²) >= 11 is 0. The SMILES string of the molecule is C1Cc2nnc(CC3CCNCC3)n2C1. The molecule has 82 valence electrons. The number of nitrogens with zero attached hydrogens (tertiary/aromatic N) is 3. The van der Waals surface area contributed by atoms with Crippen molar-refractivity contribution in [2.45, 2.75) is 38.6 Å². The highest BCUT2D eigenvalue weighted by Crippen LogP contribution is 2.20. The monoisotopic (exact) mass is 206 g/mol. The van der Waals surface area contributed by atoms with E-state index in [2.05, 4.69) is 20.1 Å². The number of rotatable bonds is 2. The van der Waals surface area contributed by atoms with Gasteiger partial charge in [-0.25, -0.2) is 0 Å². The molecule has 0 aliphatic carbocycles. The van der Waals surface area contributed by atoms with Crippen molar-refractivity contribution in [1.29, 1.82) is 0 Å². The maximum absolute atomic E-state index is 4.32. The molecule has 1 N–H and O–H groups in total. The van der Waals surface area contributed by atoms with Crippen LogP contribution in [0, 0.1) is 5.92 Å². The number of nitrogens with one attached hydrogen (secondary N) is 1. The van der Waals surface area contributed by atoms with Crippen LogP contribution < -0.4 is 5.32 Å². The molecule has 0 aromatic carbocycles. The van der Waals surface area contributed by atoms with Gasteiger partial charge in [-0.1, -0.05) is 0 Å². The van der Waals surface area contributed by atoms with Gasteiger partial charge in [0.1, 0.15) is 11.6 Å². The van der Waals surface area contributed by atoms with E-state index in [-0.39, 0.29) is 0 Å². The van der Waals surface area contributed by atoms with Crippen LogP contribution in [0.4, 0.5) is 0 Å². The maximum atomic E-state index is 4.32. The average Bonchev–Trinajstić information content (AvgIpc) is 2.85. The Morgan fingerprint density at radius 1 is 1.27 bits per heavy atom. The van der Waals surface area contributed by atoms with Gasteiger partial charge in [0.2, 0.25) is 0 Å². The number of hydrogen-bond donors (Lipinski definition) is 1. The molecule has 0 spiro atoms. The van der Waals surface area contributed by atoms with Gasteiger partial charge in [-0.2, -0.15) is 0 Å². The van der Waals surface area contributed by atoms with Gasteiger partial charge in [0.15, 0.2) is 0 Å². The van der Waals surface area contributed by atoms with E-state index in [0.29, 0.717) is 0 Å². The minimum absolute atomic E-state index is 0.820. The van der Waals surface area contributed by atoms with E-state index in [0.717, 1.165) is 25.3 Å². The fourth-order valence-corrected chi connectivity index (χ4v) is 2.71. The Balaban J connectivity index is 1.70. The first-order chi connectivity index (χ1) is 7.43. The van der Waals surface area contributed by atoms with Gasteiger partial charge in [-0.05, 0) is 38.3 Å². The fourth-order valence-electron chi connectivity index (χ4n) is 2.71. The number of aromatic nitrogens is 3. The summed E-state index contributed by atoms with van der Waals surface area (Å²) in [4.78, 5) is 0. The predicted octanol–water partition coefficient (Wildman–Crippen LogP) is 0.766. The molecule has 0 saturated carbocycles. The highest BCUT2D eigenvalue weighted by Gasteiger charge is 2.21. The Bertz CT molecular complexity index is 338. The second-order valence-electron chi connectivity index (χ2n) is 4.69. The average molecular weight is 206 g/mol. The Hall–Kier alpha value is -0.900. The van der Waals surface area contributed by atoms with Gasteiger partial charge in [-0.3, -0.25) is 0 Å². The summed E-state index contributed by atoms with van der Waals surface area (Å²) < 4.78 is 2.34. The Morgan fingerprint density at radius 3 is 3.00 bits per heavy atom. The first-order valence-electron chi connectivity index (χ1n) is 6.05. The largest absolute Gasteiger partial charge is 0.317 e. The zero-order valence-electron chi connectivity index (χ0n) is 9.08. The van der Waals surface area contributed by atoms with Crippen molar-refractivity contribution in [3.05, 3.63) is 11.6 Å². The molecule has 0 atom stereocenters. The lowest BCUT2D eigenvalue weighted by Gasteiger charge is -2.21. The topological polar surface area (TPSA) is 42.7 Å². The molecule has 1 aromatic heterocycles. The normalized spacial score (nSPS) is 21.9. The van der Waals surface area contributed by atoms with Crippen LogP contribution in [-0.4, -0.2) is 27.9 Å². The van der Waals surface area contributed by atoms with Crippen molar-refractivity contribution in [2.75, 3.05) is 13.1 Å². The third-order valence-corrected chi connectivity index (χ3v) is 3.62. The highest BCUT2D eigenvalue weighted by molar-refractivity contribution is 5.01. The zero-order chi connectivity index (χ0) is 10.1. The molecule has 0 amide bonds. The maximum Gasteiger partial charge on any atom is 0.133 e. The third kappa shape index (κ3) is 1.78. The fraction of sp³-hybridized carbons (Fsp3) is 0.818. The van der Waals surface area contributed by atoms with Crippen LogP contribution in [0.2, 0.25) is 0 Å². The van der Waals surface area contributed by atoms with Crippen molar-refractivity contribution in [3.8, 4) is 0 Å². The summed E-state index contributed by atoms with van der Waals surface area (Å²) in [5, 5.41) is 12.0. The van der Waals surface area contributed by atoms with Crippen LogP contribution in [0.3, 0.4) is 0 Å². The van der Waals surface area contributed by atoms with Gasteiger partial charge in [-0.15, -0.1) is 10.2 Å². The summed E-state index contributed by atoms with van der Waals surface area (Å²) in [6.07, 6.45) is 6.10. The molecule has 1 aromatic rings. The number of fused-ring (bicyclic) bond motifs is 1. The molecular weight excluding hydrogens is 188 g/mol. The van der Waals surface area contributed by atoms with Crippen LogP contribution in [0.1, 0.15) is 30.9 Å². The number of piperidine rings is 1. The number of hydrogen-bond acceptors (Lipinski definition) is 3. The molecule has 0 bridgehead atoms. The minimum Gasteiger partial charge on any atom is -0.317 e. The van der Waals surface area contributed by atoms with E-state index in [1.165, 1.54) is 44.0 Å². The molecule has 0 radical (unpaired) electrons. The first kappa shape index (κ1) is 9.33. The molecule has 1 fully saturated rings. The van der Waals surface area contributed by atoms with Crippen LogP contribution in [0.25, 0.3) is 0 Å². The Labute approximate surface area is 90.1 Å². The minimum atomic E-state index is 0.820. The van der Waals surface area contributed by atoms with E-state index in [4.69, 9.17) is 0 Å².